The van der Waals surface area contributed by atoms with Crippen LogP contribution < -0.4 is 5.73 Å². The molecule has 2 N–H and O–H groups in total. The number of anilines is 1. The van der Waals surface area contributed by atoms with Crippen molar-refractivity contribution >= 4 is 34.7 Å². The molecule has 0 aliphatic rings. The molecule has 13 heavy (non-hydrogen) atoms. The number of carbonyl (C=O) groups excluding carboxylic acids is 1. The van der Waals surface area contributed by atoms with Crippen LogP contribution in [0.15, 0.2) is 12.1 Å². The predicted octanol–water partition coefficient (Wildman–Crippen LogP) is 2.48. The van der Waals surface area contributed by atoms with E-state index in [-0.39, 0.29) is 22.2 Å². The minimum absolute atomic E-state index is 0.0487. The van der Waals surface area contributed by atoms with E-state index in [0.717, 1.165) is 0 Å². The maximum absolute atomic E-state index is 13.2. The Kier molecular flexibility index (Phi) is 3.12. The third-order valence-electron chi connectivity index (χ3n) is 1.53. The van der Waals surface area contributed by atoms with Gasteiger partial charge in [0.2, 0.25) is 0 Å². The molecule has 0 radical (unpaired) electrons. The molecule has 2 nitrogen and oxygen atoms in total. The SMILES string of the molecule is Nc1ccc(Cl)c(F)c1C(=O)CCl. The van der Waals surface area contributed by atoms with E-state index < -0.39 is 11.6 Å². The summed E-state index contributed by atoms with van der Waals surface area (Å²) in [6.07, 6.45) is 0. The van der Waals surface area contributed by atoms with Crippen molar-refractivity contribution < 1.29 is 9.18 Å². The van der Waals surface area contributed by atoms with Crippen LogP contribution in [0.3, 0.4) is 0 Å². The molecule has 0 amide bonds. The third-order valence-corrected chi connectivity index (χ3v) is 2.06. The number of hydrogen-bond donors (Lipinski definition) is 1. The van der Waals surface area contributed by atoms with Crippen LogP contribution in [0.5, 0.6) is 0 Å². The second kappa shape index (κ2) is 3.94. The zero-order chi connectivity index (χ0) is 10.0. The molecule has 0 bridgehead atoms. The maximum atomic E-state index is 13.2. The van der Waals surface area contributed by atoms with E-state index in [0.29, 0.717) is 0 Å². The summed E-state index contributed by atoms with van der Waals surface area (Å²) >= 11 is 10.7. The van der Waals surface area contributed by atoms with Gasteiger partial charge >= 0.3 is 0 Å². The van der Waals surface area contributed by atoms with Crippen molar-refractivity contribution in [2.24, 2.45) is 0 Å². The summed E-state index contributed by atoms with van der Waals surface area (Å²) in [7, 11) is 0. The van der Waals surface area contributed by atoms with Crippen molar-refractivity contribution in [2.75, 3.05) is 11.6 Å². The predicted molar refractivity (Wildman–Crippen MR) is 50.9 cm³/mol. The van der Waals surface area contributed by atoms with Gasteiger partial charge in [0.15, 0.2) is 11.6 Å². The van der Waals surface area contributed by atoms with Gasteiger partial charge in [-0.05, 0) is 12.1 Å². The van der Waals surface area contributed by atoms with Gasteiger partial charge < -0.3 is 5.73 Å². The summed E-state index contributed by atoms with van der Waals surface area (Å²) in [4.78, 5) is 11.1. The van der Waals surface area contributed by atoms with E-state index >= 15 is 0 Å². The average Bonchev–Trinajstić information content (AvgIpc) is 2.12. The third kappa shape index (κ3) is 1.92. The van der Waals surface area contributed by atoms with Crippen molar-refractivity contribution in [3.63, 3.8) is 0 Å². The van der Waals surface area contributed by atoms with Gasteiger partial charge in [0.05, 0.1) is 16.5 Å². The highest BCUT2D eigenvalue weighted by molar-refractivity contribution is 6.33. The molecule has 70 valence electrons. The lowest BCUT2D eigenvalue weighted by Crippen LogP contribution is -2.08. The fraction of sp³-hybridized carbons (Fsp3) is 0.125. The van der Waals surface area contributed by atoms with Gasteiger partial charge in [0, 0.05) is 5.69 Å². The number of carbonyl (C=O) groups is 1. The lowest BCUT2D eigenvalue weighted by Gasteiger charge is -2.04. The van der Waals surface area contributed by atoms with E-state index in [2.05, 4.69) is 0 Å². The van der Waals surface area contributed by atoms with Crippen LogP contribution in [0, 0.1) is 5.82 Å². The van der Waals surface area contributed by atoms with Crippen molar-refractivity contribution in [3.05, 3.63) is 28.5 Å². The molecule has 0 unspecified atom stereocenters. The monoisotopic (exact) mass is 221 g/mol. The Morgan fingerprint density at radius 1 is 1.54 bits per heavy atom. The van der Waals surface area contributed by atoms with Crippen LogP contribution in [0.1, 0.15) is 10.4 Å². The Bertz CT molecular complexity index is 354. The number of nitrogen functional groups attached to an aromatic ring is 1. The van der Waals surface area contributed by atoms with E-state index in [1.807, 2.05) is 0 Å². The van der Waals surface area contributed by atoms with Crippen LogP contribution >= 0.6 is 23.2 Å². The summed E-state index contributed by atoms with van der Waals surface area (Å²) in [5, 5.41) is -0.136. The summed E-state index contributed by atoms with van der Waals surface area (Å²) in [5.74, 6) is -1.70. The molecular weight excluding hydrogens is 216 g/mol. The molecule has 1 aromatic carbocycles. The molecule has 0 aliphatic carbocycles. The summed E-state index contributed by atoms with van der Waals surface area (Å²) in [6, 6.07) is 2.66. The highest BCUT2D eigenvalue weighted by Gasteiger charge is 2.16. The van der Waals surface area contributed by atoms with Crippen LogP contribution in [0.4, 0.5) is 10.1 Å². The number of halogens is 3. The smallest absolute Gasteiger partial charge is 0.182 e. The van der Waals surface area contributed by atoms with Crippen LogP contribution in [0.2, 0.25) is 5.02 Å². The standard InChI is InChI=1S/C8H6Cl2FNO/c9-3-6(13)7-5(12)2-1-4(10)8(7)11/h1-2H,3,12H2. The normalized spacial score (nSPS) is 10.1. The zero-order valence-electron chi connectivity index (χ0n) is 6.48. The molecule has 0 atom stereocenters. The number of Topliss-reactive ketones (excluding diaryl/α,β-unsaturated/α-hetero) is 1. The molecule has 5 heteroatoms. The lowest BCUT2D eigenvalue weighted by molar-refractivity contribution is 0.101. The summed E-state index contributed by atoms with van der Waals surface area (Å²) < 4.78 is 13.2. The second-order valence-corrected chi connectivity index (χ2v) is 3.06. The van der Waals surface area contributed by atoms with E-state index in [4.69, 9.17) is 28.9 Å². The number of alkyl halides is 1. The van der Waals surface area contributed by atoms with Crippen LogP contribution in [-0.2, 0) is 0 Å². The van der Waals surface area contributed by atoms with Crippen molar-refractivity contribution in [1.29, 1.82) is 0 Å². The molecule has 0 saturated carbocycles. The minimum Gasteiger partial charge on any atom is -0.398 e. The Morgan fingerprint density at radius 2 is 2.15 bits per heavy atom. The molecule has 0 aromatic heterocycles. The largest absolute Gasteiger partial charge is 0.398 e. The average molecular weight is 222 g/mol. The lowest BCUT2D eigenvalue weighted by atomic mass is 10.1. The highest BCUT2D eigenvalue weighted by atomic mass is 35.5. The Morgan fingerprint density at radius 3 is 2.69 bits per heavy atom. The maximum Gasteiger partial charge on any atom is 0.182 e. The molecule has 0 fully saturated rings. The van der Waals surface area contributed by atoms with E-state index in [1.54, 1.807) is 0 Å². The van der Waals surface area contributed by atoms with Gasteiger partial charge in [-0.15, -0.1) is 11.6 Å². The first-order chi connectivity index (χ1) is 6.07. The van der Waals surface area contributed by atoms with Gasteiger partial charge in [-0.3, -0.25) is 4.79 Å². The first-order valence-corrected chi connectivity index (χ1v) is 4.31. The van der Waals surface area contributed by atoms with Gasteiger partial charge in [-0.1, -0.05) is 11.6 Å². The molecule has 1 aromatic rings. The molecule has 0 aliphatic heterocycles. The van der Waals surface area contributed by atoms with Crippen LogP contribution in [-0.4, -0.2) is 11.7 Å². The fourth-order valence-corrected chi connectivity index (χ4v) is 1.21. The second-order valence-electron chi connectivity index (χ2n) is 2.38. The fourth-order valence-electron chi connectivity index (χ4n) is 0.916. The Balaban J connectivity index is 3.33. The van der Waals surface area contributed by atoms with Gasteiger partial charge in [-0.25, -0.2) is 4.39 Å². The van der Waals surface area contributed by atoms with E-state index in [9.17, 15) is 9.18 Å². The quantitative estimate of drug-likeness (QED) is 0.474. The first kappa shape index (κ1) is 10.3. The molecular formula is C8H6Cl2FNO. The van der Waals surface area contributed by atoms with Gasteiger partial charge in [0.1, 0.15) is 0 Å². The number of hydrogen-bond acceptors (Lipinski definition) is 2. The summed E-state index contributed by atoms with van der Waals surface area (Å²) in [6.45, 7) is 0. The number of nitrogens with two attached hydrogens (primary N) is 1. The van der Waals surface area contributed by atoms with Gasteiger partial charge in [0.25, 0.3) is 0 Å². The molecule has 0 heterocycles. The molecule has 0 spiro atoms. The Hall–Kier alpha value is -0.800. The van der Waals surface area contributed by atoms with Crippen molar-refractivity contribution in [2.45, 2.75) is 0 Å². The molecule has 0 saturated heterocycles. The van der Waals surface area contributed by atoms with Crippen molar-refractivity contribution in [3.8, 4) is 0 Å². The Labute approximate surface area is 84.4 Å². The van der Waals surface area contributed by atoms with E-state index in [1.165, 1.54) is 12.1 Å². The zero-order valence-corrected chi connectivity index (χ0v) is 7.99. The number of rotatable bonds is 2. The topological polar surface area (TPSA) is 43.1 Å². The van der Waals surface area contributed by atoms with Gasteiger partial charge in [-0.2, -0.15) is 0 Å². The van der Waals surface area contributed by atoms with Crippen molar-refractivity contribution in [1.82, 2.24) is 0 Å². The highest BCUT2D eigenvalue weighted by Crippen LogP contribution is 2.24. The molecule has 1 rings (SSSR count). The summed E-state index contributed by atoms with van der Waals surface area (Å²) in [5.41, 5.74) is 5.20. The first-order valence-electron chi connectivity index (χ1n) is 3.40. The number of benzene rings is 1. The number of ketones is 1. The minimum atomic E-state index is -0.813. The van der Waals surface area contributed by atoms with Crippen LogP contribution in [0.25, 0.3) is 0 Å².